The lowest BCUT2D eigenvalue weighted by atomic mass is 10.1. The van der Waals surface area contributed by atoms with Gasteiger partial charge in [0.25, 0.3) is 5.91 Å². The number of amides is 1. The highest BCUT2D eigenvalue weighted by molar-refractivity contribution is 7.92. The van der Waals surface area contributed by atoms with Gasteiger partial charge in [0.15, 0.2) is 0 Å². The van der Waals surface area contributed by atoms with E-state index >= 15 is 0 Å². The van der Waals surface area contributed by atoms with E-state index in [0.29, 0.717) is 18.3 Å². The normalized spacial score (nSPS) is 11.3. The largest absolute Gasteiger partial charge is 0.337 e. The molecule has 0 aliphatic rings. The van der Waals surface area contributed by atoms with E-state index < -0.39 is 10.0 Å². The molecule has 142 valence electrons. The van der Waals surface area contributed by atoms with Crippen LogP contribution in [0.1, 0.15) is 23.2 Å². The van der Waals surface area contributed by atoms with Crippen LogP contribution >= 0.6 is 11.3 Å². The Balaban J connectivity index is 1.81. The van der Waals surface area contributed by atoms with Crippen molar-refractivity contribution < 1.29 is 17.7 Å². The number of sulfonamides is 1. The second kappa shape index (κ2) is 7.89. The molecule has 2 heterocycles. The van der Waals surface area contributed by atoms with Gasteiger partial charge in [0.1, 0.15) is 6.54 Å². The van der Waals surface area contributed by atoms with Gasteiger partial charge in [-0.2, -0.15) is 4.98 Å². The predicted molar refractivity (Wildman–Crippen MR) is 103 cm³/mol. The van der Waals surface area contributed by atoms with Crippen LogP contribution in [0, 0.1) is 0 Å². The lowest BCUT2D eigenvalue weighted by Gasteiger charge is -2.20. The van der Waals surface area contributed by atoms with Crippen LogP contribution in [0.2, 0.25) is 0 Å². The van der Waals surface area contributed by atoms with Crippen LogP contribution in [0.5, 0.6) is 0 Å². The Labute approximate surface area is 160 Å². The van der Waals surface area contributed by atoms with E-state index in [1.807, 2.05) is 24.4 Å². The molecule has 1 N–H and O–H groups in total. The first kappa shape index (κ1) is 19.1. The maximum absolute atomic E-state index is 12.9. The van der Waals surface area contributed by atoms with Gasteiger partial charge in [0.05, 0.1) is 22.4 Å². The fourth-order valence-corrected chi connectivity index (χ4v) is 3.67. The molecule has 1 amide bonds. The van der Waals surface area contributed by atoms with Crippen LogP contribution in [-0.4, -0.2) is 42.2 Å². The van der Waals surface area contributed by atoms with Crippen LogP contribution in [0.3, 0.4) is 0 Å². The quantitative estimate of drug-likeness (QED) is 0.647. The zero-order valence-corrected chi connectivity index (χ0v) is 16.4. The zero-order chi connectivity index (χ0) is 19.4. The van der Waals surface area contributed by atoms with Crippen molar-refractivity contribution in [2.45, 2.75) is 13.5 Å². The summed E-state index contributed by atoms with van der Waals surface area (Å²) in [6.45, 7) is 2.34. The van der Waals surface area contributed by atoms with Crippen molar-refractivity contribution in [1.29, 1.82) is 0 Å². The Bertz CT molecular complexity index is 1030. The zero-order valence-electron chi connectivity index (χ0n) is 14.7. The maximum Gasteiger partial charge on any atom is 0.256 e. The van der Waals surface area contributed by atoms with E-state index in [4.69, 9.17) is 4.52 Å². The van der Waals surface area contributed by atoms with Gasteiger partial charge in [-0.25, -0.2) is 8.42 Å². The fraction of sp³-hybridized carbons (Fsp3) is 0.235. The van der Waals surface area contributed by atoms with Gasteiger partial charge in [-0.1, -0.05) is 23.4 Å². The van der Waals surface area contributed by atoms with Crippen molar-refractivity contribution in [2.24, 2.45) is 0 Å². The summed E-state index contributed by atoms with van der Waals surface area (Å²) in [5, 5.41) is 5.85. The Kier molecular flexibility index (Phi) is 5.57. The molecule has 8 nitrogen and oxygen atoms in total. The number of para-hydroxylation sites is 1. The number of hydrogen-bond donors (Lipinski definition) is 1. The molecule has 3 rings (SSSR count). The smallest absolute Gasteiger partial charge is 0.256 e. The van der Waals surface area contributed by atoms with Gasteiger partial charge >= 0.3 is 0 Å². The Morgan fingerprint density at radius 1 is 1.26 bits per heavy atom. The molecule has 27 heavy (non-hydrogen) atoms. The molecule has 0 aliphatic carbocycles. The molecule has 10 heteroatoms. The van der Waals surface area contributed by atoms with E-state index in [9.17, 15) is 13.2 Å². The Hall–Kier alpha value is -2.72. The van der Waals surface area contributed by atoms with Gasteiger partial charge in [-0.15, -0.1) is 11.3 Å². The summed E-state index contributed by atoms with van der Waals surface area (Å²) < 4.78 is 30.7. The molecular formula is C17H18N4O4S2. The van der Waals surface area contributed by atoms with Gasteiger partial charge < -0.3 is 9.42 Å². The number of nitrogens with one attached hydrogen (secondary N) is 1. The highest BCUT2D eigenvalue weighted by atomic mass is 32.2. The number of thiophene rings is 1. The summed E-state index contributed by atoms with van der Waals surface area (Å²) in [4.78, 5) is 19.6. The predicted octanol–water partition coefficient (Wildman–Crippen LogP) is 2.83. The highest BCUT2D eigenvalue weighted by Crippen LogP contribution is 2.23. The number of nitrogens with zero attached hydrogens (tertiary/aromatic N) is 3. The van der Waals surface area contributed by atoms with Crippen LogP contribution in [0.15, 0.2) is 46.3 Å². The molecule has 0 bridgehead atoms. The van der Waals surface area contributed by atoms with E-state index in [1.54, 1.807) is 24.3 Å². The molecule has 2 aromatic heterocycles. The first-order valence-electron chi connectivity index (χ1n) is 8.10. The van der Waals surface area contributed by atoms with Crippen molar-refractivity contribution in [3.8, 4) is 10.7 Å². The number of aromatic nitrogens is 2. The SMILES string of the molecule is CCN(Cc1nc(-c2cccs2)no1)C(=O)c1ccccc1NS(C)(=O)=O. The minimum Gasteiger partial charge on any atom is -0.337 e. The second-order valence-electron chi connectivity index (χ2n) is 5.73. The first-order chi connectivity index (χ1) is 12.9. The summed E-state index contributed by atoms with van der Waals surface area (Å²) in [6.07, 6.45) is 1.04. The van der Waals surface area contributed by atoms with Gasteiger partial charge in [-0.3, -0.25) is 9.52 Å². The third-order valence-electron chi connectivity index (χ3n) is 3.66. The molecule has 0 spiro atoms. The van der Waals surface area contributed by atoms with Crippen molar-refractivity contribution in [3.63, 3.8) is 0 Å². The molecule has 0 atom stereocenters. The fourth-order valence-electron chi connectivity index (χ4n) is 2.44. The summed E-state index contributed by atoms with van der Waals surface area (Å²) in [6, 6.07) is 10.2. The number of carbonyl (C=O) groups excluding carboxylic acids is 1. The van der Waals surface area contributed by atoms with Crippen molar-refractivity contribution in [1.82, 2.24) is 15.0 Å². The van der Waals surface area contributed by atoms with Crippen LogP contribution in [0.4, 0.5) is 5.69 Å². The molecule has 0 saturated carbocycles. The van der Waals surface area contributed by atoms with Crippen molar-refractivity contribution in [2.75, 3.05) is 17.5 Å². The minimum absolute atomic E-state index is 0.126. The Morgan fingerprint density at radius 3 is 2.70 bits per heavy atom. The minimum atomic E-state index is -3.51. The molecule has 0 aliphatic heterocycles. The topological polar surface area (TPSA) is 105 Å². The molecule has 0 fully saturated rings. The molecule has 1 aromatic carbocycles. The number of benzene rings is 1. The Morgan fingerprint density at radius 2 is 2.04 bits per heavy atom. The lowest BCUT2D eigenvalue weighted by Crippen LogP contribution is -2.31. The summed E-state index contributed by atoms with van der Waals surface area (Å²) in [5.74, 6) is 0.449. The average Bonchev–Trinajstić information content (AvgIpc) is 3.29. The van der Waals surface area contributed by atoms with Crippen LogP contribution in [0.25, 0.3) is 10.7 Å². The maximum atomic E-state index is 12.9. The molecule has 3 aromatic rings. The van der Waals surface area contributed by atoms with E-state index in [1.165, 1.54) is 16.2 Å². The number of carbonyl (C=O) groups is 1. The number of rotatable bonds is 7. The summed E-state index contributed by atoms with van der Waals surface area (Å²) in [5.41, 5.74) is 0.482. The average molecular weight is 406 g/mol. The van der Waals surface area contributed by atoms with Gasteiger partial charge in [0, 0.05) is 6.54 Å². The molecular weight excluding hydrogens is 388 g/mol. The number of hydrogen-bond acceptors (Lipinski definition) is 7. The monoisotopic (exact) mass is 406 g/mol. The third-order valence-corrected chi connectivity index (χ3v) is 5.11. The van der Waals surface area contributed by atoms with E-state index in [-0.39, 0.29) is 23.7 Å². The lowest BCUT2D eigenvalue weighted by molar-refractivity contribution is 0.0735. The third kappa shape index (κ3) is 4.72. The second-order valence-corrected chi connectivity index (χ2v) is 8.42. The van der Waals surface area contributed by atoms with E-state index in [2.05, 4.69) is 14.9 Å². The summed E-state index contributed by atoms with van der Waals surface area (Å²) >= 11 is 1.49. The van der Waals surface area contributed by atoms with Crippen molar-refractivity contribution in [3.05, 3.63) is 53.2 Å². The van der Waals surface area contributed by atoms with E-state index in [0.717, 1.165) is 11.1 Å². The van der Waals surface area contributed by atoms with Crippen LogP contribution in [-0.2, 0) is 16.6 Å². The first-order valence-corrected chi connectivity index (χ1v) is 10.9. The molecule has 0 unspecified atom stereocenters. The summed E-state index contributed by atoms with van der Waals surface area (Å²) in [7, 11) is -3.51. The molecule has 0 radical (unpaired) electrons. The van der Waals surface area contributed by atoms with Crippen molar-refractivity contribution >= 4 is 33.0 Å². The molecule has 0 saturated heterocycles. The van der Waals surface area contributed by atoms with Crippen LogP contribution < -0.4 is 4.72 Å². The number of anilines is 1. The standard InChI is InChI=1S/C17H18N4O4S2/c1-3-21(11-15-18-16(19-25-15)14-9-6-10-26-14)17(22)12-7-4-5-8-13(12)20-27(2,23)24/h4-10,20H,3,11H2,1-2H3. The highest BCUT2D eigenvalue weighted by Gasteiger charge is 2.21. The van der Waals surface area contributed by atoms with Gasteiger partial charge in [0.2, 0.25) is 21.7 Å². The van der Waals surface area contributed by atoms with Gasteiger partial charge in [-0.05, 0) is 30.5 Å².